The molecule has 0 bridgehead atoms. The predicted molar refractivity (Wildman–Crippen MR) is 102 cm³/mol. The summed E-state index contributed by atoms with van der Waals surface area (Å²) < 4.78 is 32.1. The largest absolute Gasteiger partial charge is 0.497 e. The monoisotopic (exact) mass is 391 g/mol. The first kappa shape index (κ1) is 20.4. The maximum atomic E-state index is 12.4. The number of carbonyl (C=O) groups excluding carboxylic acids is 2. The lowest BCUT2D eigenvalue weighted by atomic mass is 10.2. The van der Waals surface area contributed by atoms with E-state index in [2.05, 4.69) is 15.4 Å². The number of nitrogens with one attached hydrogen (secondary N) is 3. The van der Waals surface area contributed by atoms with Crippen molar-refractivity contribution in [3.05, 3.63) is 48.5 Å². The van der Waals surface area contributed by atoms with E-state index in [1.165, 1.54) is 45.2 Å². The molecule has 0 unspecified atom stereocenters. The van der Waals surface area contributed by atoms with Crippen LogP contribution in [-0.2, 0) is 19.6 Å². The summed E-state index contributed by atoms with van der Waals surface area (Å²) in [5.74, 6) is -0.245. The van der Waals surface area contributed by atoms with Gasteiger partial charge < -0.3 is 15.4 Å². The van der Waals surface area contributed by atoms with Crippen molar-refractivity contribution < 1.29 is 22.7 Å². The molecule has 0 saturated heterocycles. The van der Waals surface area contributed by atoms with Crippen LogP contribution in [0.4, 0.5) is 11.4 Å². The molecule has 0 aliphatic carbocycles. The molecule has 0 radical (unpaired) electrons. The number of amides is 2. The Balaban J connectivity index is 2.05. The molecule has 0 aromatic heterocycles. The summed E-state index contributed by atoms with van der Waals surface area (Å²) in [7, 11) is -2.39. The van der Waals surface area contributed by atoms with Crippen LogP contribution in [0.5, 0.6) is 5.75 Å². The summed E-state index contributed by atoms with van der Waals surface area (Å²) in [6.07, 6.45) is 0. The fraction of sp³-hybridized carbons (Fsp3) is 0.222. The van der Waals surface area contributed by atoms with Crippen molar-refractivity contribution in [1.82, 2.24) is 4.72 Å². The van der Waals surface area contributed by atoms with Crippen molar-refractivity contribution in [1.29, 1.82) is 0 Å². The van der Waals surface area contributed by atoms with Crippen molar-refractivity contribution in [2.45, 2.75) is 24.8 Å². The fourth-order valence-corrected chi connectivity index (χ4v) is 3.44. The topological polar surface area (TPSA) is 114 Å². The molecule has 0 aliphatic heterocycles. The minimum Gasteiger partial charge on any atom is -0.497 e. The van der Waals surface area contributed by atoms with Gasteiger partial charge in [-0.1, -0.05) is 6.07 Å². The van der Waals surface area contributed by atoms with Gasteiger partial charge >= 0.3 is 0 Å². The van der Waals surface area contributed by atoms with E-state index in [1.807, 2.05) is 0 Å². The standard InChI is InChI=1S/C18H21N3O5S/c1-12(21-27(24,25)17-9-7-16(26-3)8-10-17)18(23)20-15-6-4-5-14(11-15)19-13(2)22/h4-12,21H,1-3H3,(H,19,22)(H,20,23)/t12-/m1/s1. The van der Waals surface area contributed by atoms with Crippen molar-refractivity contribution in [3.8, 4) is 5.75 Å². The lowest BCUT2D eigenvalue weighted by molar-refractivity contribution is -0.117. The minimum absolute atomic E-state index is 0.0237. The SMILES string of the molecule is COc1ccc(S(=O)(=O)N[C@H](C)C(=O)Nc2cccc(NC(C)=O)c2)cc1. The highest BCUT2D eigenvalue weighted by Gasteiger charge is 2.22. The van der Waals surface area contributed by atoms with Crippen LogP contribution in [-0.4, -0.2) is 33.4 Å². The quantitative estimate of drug-likeness (QED) is 0.668. The highest BCUT2D eigenvalue weighted by Crippen LogP contribution is 2.17. The highest BCUT2D eigenvalue weighted by atomic mass is 32.2. The zero-order chi connectivity index (χ0) is 20.0. The van der Waals surface area contributed by atoms with Crippen molar-refractivity contribution in [3.63, 3.8) is 0 Å². The smallest absolute Gasteiger partial charge is 0.242 e. The molecular formula is C18H21N3O5S. The van der Waals surface area contributed by atoms with Gasteiger partial charge in [0, 0.05) is 18.3 Å². The van der Waals surface area contributed by atoms with Crippen LogP contribution in [0.3, 0.4) is 0 Å². The number of anilines is 2. The van der Waals surface area contributed by atoms with Crippen LogP contribution in [0.15, 0.2) is 53.4 Å². The highest BCUT2D eigenvalue weighted by molar-refractivity contribution is 7.89. The lowest BCUT2D eigenvalue weighted by Crippen LogP contribution is -2.41. The molecule has 1 atom stereocenters. The summed E-state index contributed by atoms with van der Waals surface area (Å²) >= 11 is 0. The average Bonchev–Trinajstić information content (AvgIpc) is 2.61. The molecule has 3 N–H and O–H groups in total. The van der Waals surface area contributed by atoms with Gasteiger partial charge in [-0.25, -0.2) is 8.42 Å². The molecule has 8 nitrogen and oxygen atoms in total. The van der Waals surface area contributed by atoms with E-state index >= 15 is 0 Å². The Morgan fingerprint density at radius 2 is 1.59 bits per heavy atom. The number of carbonyl (C=O) groups is 2. The molecular weight excluding hydrogens is 370 g/mol. The third-order valence-corrected chi connectivity index (χ3v) is 5.10. The second-order valence-corrected chi connectivity index (χ2v) is 7.48. The number of ether oxygens (including phenoxy) is 1. The third-order valence-electron chi connectivity index (χ3n) is 3.55. The Labute approximate surface area is 158 Å². The van der Waals surface area contributed by atoms with E-state index in [0.29, 0.717) is 17.1 Å². The maximum absolute atomic E-state index is 12.4. The van der Waals surface area contributed by atoms with Crippen LogP contribution < -0.4 is 20.1 Å². The second kappa shape index (κ2) is 8.65. The van der Waals surface area contributed by atoms with E-state index < -0.39 is 22.0 Å². The van der Waals surface area contributed by atoms with Crippen molar-refractivity contribution in [2.75, 3.05) is 17.7 Å². The first-order valence-corrected chi connectivity index (χ1v) is 9.54. The second-order valence-electron chi connectivity index (χ2n) is 5.77. The first-order valence-electron chi connectivity index (χ1n) is 8.06. The van der Waals surface area contributed by atoms with E-state index in [9.17, 15) is 18.0 Å². The third kappa shape index (κ3) is 5.80. The number of methoxy groups -OCH3 is 1. The minimum atomic E-state index is -3.87. The van der Waals surface area contributed by atoms with E-state index in [1.54, 1.807) is 24.3 Å². The van der Waals surface area contributed by atoms with Gasteiger partial charge in [0.15, 0.2) is 0 Å². The van der Waals surface area contributed by atoms with E-state index in [-0.39, 0.29) is 10.8 Å². The lowest BCUT2D eigenvalue weighted by Gasteiger charge is -2.15. The molecule has 9 heteroatoms. The van der Waals surface area contributed by atoms with Gasteiger partial charge in [-0.05, 0) is 49.4 Å². The van der Waals surface area contributed by atoms with Gasteiger partial charge in [-0.2, -0.15) is 4.72 Å². The van der Waals surface area contributed by atoms with Gasteiger partial charge in [0.1, 0.15) is 5.75 Å². The fourth-order valence-electron chi connectivity index (χ4n) is 2.24. The predicted octanol–water partition coefficient (Wildman–Crippen LogP) is 1.96. The summed E-state index contributed by atoms with van der Waals surface area (Å²) in [6.45, 7) is 2.81. The number of sulfonamides is 1. The number of rotatable bonds is 7. The van der Waals surface area contributed by atoms with Gasteiger partial charge in [0.2, 0.25) is 21.8 Å². The molecule has 2 amide bonds. The van der Waals surface area contributed by atoms with Gasteiger partial charge in [-0.3, -0.25) is 9.59 Å². The first-order chi connectivity index (χ1) is 12.7. The zero-order valence-electron chi connectivity index (χ0n) is 15.1. The van der Waals surface area contributed by atoms with Crippen LogP contribution in [0.25, 0.3) is 0 Å². The summed E-state index contributed by atoms with van der Waals surface area (Å²) in [4.78, 5) is 23.4. The van der Waals surface area contributed by atoms with Crippen LogP contribution in [0, 0.1) is 0 Å². The molecule has 2 aromatic carbocycles. The molecule has 144 valence electrons. The molecule has 0 spiro atoms. The molecule has 0 saturated carbocycles. The molecule has 0 fully saturated rings. The Morgan fingerprint density at radius 1 is 1.00 bits per heavy atom. The summed E-state index contributed by atoms with van der Waals surface area (Å²) in [5, 5.41) is 5.22. The Hall–Kier alpha value is -2.91. The van der Waals surface area contributed by atoms with Crippen molar-refractivity contribution in [2.24, 2.45) is 0 Å². The molecule has 2 aromatic rings. The normalized spacial score (nSPS) is 12.1. The summed E-state index contributed by atoms with van der Waals surface area (Å²) in [5.41, 5.74) is 0.952. The Morgan fingerprint density at radius 3 is 2.15 bits per heavy atom. The number of hydrogen-bond acceptors (Lipinski definition) is 5. The number of hydrogen-bond donors (Lipinski definition) is 3. The summed E-state index contributed by atoms with van der Waals surface area (Å²) in [6, 6.07) is 11.4. The molecule has 0 heterocycles. The zero-order valence-corrected chi connectivity index (χ0v) is 16.0. The van der Waals surface area contributed by atoms with Crippen LogP contribution >= 0.6 is 0 Å². The van der Waals surface area contributed by atoms with Crippen molar-refractivity contribution >= 4 is 33.2 Å². The van der Waals surface area contributed by atoms with Gasteiger partial charge in [-0.15, -0.1) is 0 Å². The molecule has 2 rings (SSSR count). The Kier molecular flexibility index (Phi) is 6.54. The molecule has 27 heavy (non-hydrogen) atoms. The average molecular weight is 391 g/mol. The Bertz CT molecular complexity index is 926. The van der Waals surface area contributed by atoms with E-state index in [4.69, 9.17) is 4.74 Å². The van der Waals surface area contributed by atoms with Crippen LogP contribution in [0.2, 0.25) is 0 Å². The maximum Gasteiger partial charge on any atom is 0.242 e. The number of benzene rings is 2. The molecule has 0 aliphatic rings. The van der Waals surface area contributed by atoms with E-state index in [0.717, 1.165) is 0 Å². The van der Waals surface area contributed by atoms with Gasteiger partial charge in [0.25, 0.3) is 0 Å². The van der Waals surface area contributed by atoms with Crippen LogP contribution in [0.1, 0.15) is 13.8 Å². The van der Waals surface area contributed by atoms with Gasteiger partial charge in [0.05, 0.1) is 18.0 Å².